The van der Waals surface area contributed by atoms with Gasteiger partial charge in [-0.2, -0.15) is 0 Å². The molecule has 1 saturated carbocycles. The van der Waals surface area contributed by atoms with E-state index < -0.39 is 0 Å². The normalized spacial score (nSPS) is 28.1. The summed E-state index contributed by atoms with van der Waals surface area (Å²) in [6.07, 6.45) is 3.99. The maximum absolute atomic E-state index is 5.29. The van der Waals surface area contributed by atoms with E-state index >= 15 is 0 Å². The number of methoxy groups -OCH3 is 1. The summed E-state index contributed by atoms with van der Waals surface area (Å²) in [7, 11) is 1.70. The molecule has 2 rings (SSSR count). The van der Waals surface area contributed by atoms with Crippen molar-refractivity contribution >= 4 is 15.9 Å². The van der Waals surface area contributed by atoms with Gasteiger partial charge in [-0.05, 0) is 71.6 Å². The zero-order chi connectivity index (χ0) is 14.7. The van der Waals surface area contributed by atoms with E-state index in [-0.39, 0.29) is 0 Å². The molecule has 112 valence electrons. The molecule has 0 saturated heterocycles. The summed E-state index contributed by atoms with van der Waals surface area (Å²) in [5.74, 6) is 2.54. The molecular weight excluding hydrogens is 314 g/mol. The highest BCUT2D eigenvalue weighted by molar-refractivity contribution is 9.10. The average Bonchev–Trinajstić information content (AvgIpc) is 2.41. The second-order valence-electron chi connectivity index (χ2n) is 6.28. The van der Waals surface area contributed by atoms with Crippen LogP contribution in [0.4, 0.5) is 0 Å². The van der Waals surface area contributed by atoms with Crippen molar-refractivity contribution in [1.29, 1.82) is 0 Å². The molecule has 2 nitrogen and oxygen atoms in total. The first-order valence-electron chi connectivity index (χ1n) is 7.60. The molecule has 0 bridgehead atoms. The van der Waals surface area contributed by atoms with Crippen LogP contribution in [0.5, 0.6) is 5.75 Å². The monoisotopic (exact) mass is 339 g/mol. The molecule has 1 N–H and O–H groups in total. The van der Waals surface area contributed by atoms with Crippen LogP contribution < -0.4 is 10.1 Å². The Balaban J connectivity index is 2.01. The lowest BCUT2D eigenvalue weighted by Crippen LogP contribution is -2.40. The van der Waals surface area contributed by atoms with Gasteiger partial charge in [0.1, 0.15) is 5.75 Å². The number of hydrogen-bond donors (Lipinski definition) is 1. The van der Waals surface area contributed by atoms with Gasteiger partial charge in [-0.1, -0.05) is 19.9 Å². The van der Waals surface area contributed by atoms with E-state index in [0.717, 1.165) is 22.1 Å². The van der Waals surface area contributed by atoms with Crippen molar-refractivity contribution < 1.29 is 4.74 Å². The molecular formula is C17H26BrNO. The maximum Gasteiger partial charge on any atom is 0.133 e. The fourth-order valence-electron chi connectivity index (χ4n) is 3.28. The van der Waals surface area contributed by atoms with Gasteiger partial charge in [0.2, 0.25) is 0 Å². The highest BCUT2D eigenvalue weighted by Gasteiger charge is 2.26. The third-order valence-corrected chi connectivity index (χ3v) is 5.19. The van der Waals surface area contributed by atoms with Gasteiger partial charge >= 0.3 is 0 Å². The SMILES string of the molecule is COc1ccc(C(C)NC2CCC(C)CC2C)cc1Br. The van der Waals surface area contributed by atoms with Crippen LogP contribution in [-0.4, -0.2) is 13.2 Å². The van der Waals surface area contributed by atoms with Crippen LogP contribution in [0.2, 0.25) is 0 Å². The zero-order valence-corrected chi connectivity index (χ0v) is 14.5. The van der Waals surface area contributed by atoms with E-state index in [0.29, 0.717) is 12.1 Å². The molecule has 20 heavy (non-hydrogen) atoms. The Bertz CT molecular complexity index is 449. The van der Waals surface area contributed by atoms with E-state index in [1.807, 2.05) is 6.07 Å². The van der Waals surface area contributed by atoms with E-state index in [9.17, 15) is 0 Å². The van der Waals surface area contributed by atoms with Crippen LogP contribution in [0.3, 0.4) is 0 Å². The minimum Gasteiger partial charge on any atom is -0.496 e. The van der Waals surface area contributed by atoms with Gasteiger partial charge in [0.15, 0.2) is 0 Å². The van der Waals surface area contributed by atoms with Crippen molar-refractivity contribution in [2.24, 2.45) is 11.8 Å². The van der Waals surface area contributed by atoms with Crippen LogP contribution in [-0.2, 0) is 0 Å². The lowest BCUT2D eigenvalue weighted by Gasteiger charge is -2.35. The van der Waals surface area contributed by atoms with Crippen LogP contribution >= 0.6 is 15.9 Å². The Morgan fingerprint density at radius 3 is 2.65 bits per heavy atom. The molecule has 3 heteroatoms. The maximum atomic E-state index is 5.29. The molecule has 0 radical (unpaired) electrons. The lowest BCUT2D eigenvalue weighted by molar-refractivity contribution is 0.216. The second kappa shape index (κ2) is 6.95. The summed E-state index contributed by atoms with van der Waals surface area (Å²) in [5.41, 5.74) is 1.31. The number of hydrogen-bond acceptors (Lipinski definition) is 2. The number of nitrogens with one attached hydrogen (secondary N) is 1. The van der Waals surface area contributed by atoms with E-state index in [1.165, 1.54) is 24.8 Å². The Kier molecular flexibility index (Phi) is 5.50. The molecule has 1 aliphatic carbocycles. The minimum atomic E-state index is 0.373. The Morgan fingerprint density at radius 2 is 2.05 bits per heavy atom. The summed E-state index contributed by atoms with van der Waals surface area (Å²) < 4.78 is 6.32. The van der Waals surface area contributed by atoms with Crippen LogP contribution in [0.15, 0.2) is 22.7 Å². The molecule has 0 spiro atoms. The van der Waals surface area contributed by atoms with Gasteiger partial charge in [-0.3, -0.25) is 0 Å². The van der Waals surface area contributed by atoms with Gasteiger partial charge in [0, 0.05) is 12.1 Å². The summed E-state index contributed by atoms with van der Waals surface area (Å²) in [4.78, 5) is 0. The molecule has 1 fully saturated rings. The number of benzene rings is 1. The predicted octanol–water partition coefficient (Wildman–Crippen LogP) is 4.93. The summed E-state index contributed by atoms with van der Waals surface area (Å²) >= 11 is 3.57. The Labute approximate surface area is 131 Å². The number of rotatable bonds is 4. The molecule has 4 unspecified atom stereocenters. The molecule has 0 aromatic heterocycles. The minimum absolute atomic E-state index is 0.373. The molecule has 4 atom stereocenters. The number of ether oxygens (including phenoxy) is 1. The van der Waals surface area contributed by atoms with E-state index in [2.05, 4.69) is 54.2 Å². The third-order valence-electron chi connectivity index (χ3n) is 4.57. The van der Waals surface area contributed by atoms with Crippen LogP contribution in [0.25, 0.3) is 0 Å². The highest BCUT2D eigenvalue weighted by atomic mass is 79.9. The molecule has 0 heterocycles. The van der Waals surface area contributed by atoms with Crippen molar-refractivity contribution in [3.8, 4) is 5.75 Å². The van der Waals surface area contributed by atoms with Gasteiger partial charge in [0.25, 0.3) is 0 Å². The Morgan fingerprint density at radius 1 is 1.30 bits per heavy atom. The topological polar surface area (TPSA) is 21.3 Å². The van der Waals surface area contributed by atoms with Crippen molar-refractivity contribution in [3.05, 3.63) is 28.2 Å². The predicted molar refractivity (Wildman–Crippen MR) is 88.2 cm³/mol. The van der Waals surface area contributed by atoms with Crippen LogP contribution in [0.1, 0.15) is 51.6 Å². The summed E-state index contributed by atoms with van der Waals surface area (Å²) in [5, 5.41) is 3.81. The second-order valence-corrected chi connectivity index (χ2v) is 7.14. The van der Waals surface area contributed by atoms with Crippen molar-refractivity contribution in [3.63, 3.8) is 0 Å². The fraction of sp³-hybridized carbons (Fsp3) is 0.647. The molecule has 1 aliphatic rings. The number of halogens is 1. The van der Waals surface area contributed by atoms with Crippen molar-refractivity contribution in [2.75, 3.05) is 7.11 Å². The largest absolute Gasteiger partial charge is 0.496 e. The third kappa shape index (κ3) is 3.76. The van der Waals surface area contributed by atoms with E-state index in [4.69, 9.17) is 4.74 Å². The molecule has 0 amide bonds. The average molecular weight is 340 g/mol. The molecule has 0 aliphatic heterocycles. The first kappa shape index (κ1) is 15.8. The molecule has 1 aromatic rings. The fourth-order valence-corrected chi connectivity index (χ4v) is 3.84. The first-order valence-corrected chi connectivity index (χ1v) is 8.40. The summed E-state index contributed by atoms with van der Waals surface area (Å²) in [6.45, 7) is 7.00. The van der Waals surface area contributed by atoms with Gasteiger partial charge in [-0.25, -0.2) is 0 Å². The molecule has 1 aromatic carbocycles. The van der Waals surface area contributed by atoms with Crippen molar-refractivity contribution in [2.45, 2.75) is 52.1 Å². The van der Waals surface area contributed by atoms with Crippen molar-refractivity contribution in [1.82, 2.24) is 5.32 Å². The highest BCUT2D eigenvalue weighted by Crippen LogP contribution is 2.32. The quantitative estimate of drug-likeness (QED) is 0.839. The smallest absolute Gasteiger partial charge is 0.133 e. The van der Waals surface area contributed by atoms with Crippen LogP contribution in [0, 0.1) is 11.8 Å². The zero-order valence-electron chi connectivity index (χ0n) is 12.9. The standard InChI is InChI=1S/C17H26BrNO/c1-11-5-7-16(12(2)9-11)19-13(3)14-6-8-17(20-4)15(18)10-14/h6,8,10-13,16,19H,5,7,9H2,1-4H3. The van der Waals surface area contributed by atoms with Gasteiger partial charge in [0.05, 0.1) is 11.6 Å². The summed E-state index contributed by atoms with van der Waals surface area (Å²) in [6, 6.07) is 7.36. The van der Waals surface area contributed by atoms with Gasteiger partial charge in [-0.15, -0.1) is 0 Å². The lowest BCUT2D eigenvalue weighted by atomic mass is 9.79. The van der Waals surface area contributed by atoms with E-state index in [1.54, 1.807) is 7.11 Å². The van der Waals surface area contributed by atoms with Gasteiger partial charge < -0.3 is 10.1 Å². The Hall–Kier alpha value is -0.540. The first-order chi connectivity index (χ1) is 9.51.